The van der Waals surface area contributed by atoms with Crippen LogP contribution in [0, 0.1) is 19.8 Å². The maximum absolute atomic E-state index is 13.6. The number of nitrogens with zero attached hydrogens (tertiary/aromatic N) is 2. The van der Waals surface area contributed by atoms with Crippen LogP contribution in [-0.4, -0.2) is 34.8 Å². The van der Waals surface area contributed by atoms with E-state index in [4.69, 9.17) is 4.42 Å². The van der Waals surface area contributed by atoms with Crippen molar-refractivity contribution < 1.29 is 14.0 Å². The van der Waals surface area contributed by atoms with Gasteiger partial charge in [-0.25, -0.2) is 4.98 Å². The molecule has 1 atom stereocenters. The van der Waals surface area contributed by atoms with E-state index >= 15 is 0 Å². The molecule has 1 unspecified atom stereocenters. The summed E-state index contributed by atoms with van der Waals surface area (Å²) < 4.78 is 6.23. The molecule has 0 aliphatic carbocycles. The summed E-state index contributed by atoms with van der Waals surface area (Å²) >= 11 is 0. The maximum Gasteiger partial charge on any atom is 0.257 e. The number of amides is 2. The highest BCUT2D eigenvalue weighted by Crippen LogP contribution is 2.29. The predicted molar refractivity (Wildman–Crippen MR) is 139 cm³/mol. The van der Waals surface area contributed by atoms with Crippen LogP contribution in [0.15, 0.2) is 75.9 Å². The van der Waals surface area contributed by atoms with Crippen LogP contribution in [0.25, 0.3) is 22.3 Å². The number of para-hydroxylation sites is 1. The van der Waals surface area contributed by atoms with Gasteiger partial charge < -0.3 is 14.6 Å². The van der Waals surface area contributed by atoms with Gasteiger partial charge in [-0.05, 0) is 51.0 Å². The van der Waals surface area contributed by atoms with Crippen molar-refractivity contribution in [2.45, 2.75) is 26.7 Å². The molecule has 2 amide bonds. The molecule has 2 aromatic carbocycles. The summed E-state index contributed by atoms with van der Waals surface area (Å²) in [6.07, 6.45) is 1.39. The molecule has 0 spiro atoms. The molecule has 1 fully saturated rings. The minimum absolute atomic E-state index is 0.156. The van der Waals surface area contributed by atoms with Crippen LogP contribution in [-0.2, 0) is 4.79 Å². The standard InChI is InChI=1S/C29H27N3O4/c1-18-9-6-15-24(30-18)31-28(34)21-12-8-16-32(17-21)29(35)23-14-7-13-22-25(33)19(2)26(36-27(22)23)20-10-4-3-5-11-20/h3-7,9-11,13-15,21H,8,12,16-17H2,1-2H3,(H,30,31,34). The lowest BCUT2D eigenvalue weighted by atomic mass is 9.96. The van der Waals surface area contributed by atoms with Gasteiger partial charge in [0.2, 0.25) is 5.91 Å². The number of likely N-dealkylation sites (tertiary alicyclic amines) is 1. The minimum Gasteiger partial charge on any atom is -0.455 e. The van der Waals surface area contributed by atoms with Crippen LogP contribution in [0.4, 0.5) is 5.82 Å². The Labute approximate surface area is 208 Å². The van der Waals surface area contributed by atoms with Gasteiger partial charge in [0, 0.05) is 29.9 Å². The Hall–Kier alpha value is -4.26. The monoisotopic (exact) mass is 481 g/mol. The third-order valence-corrected chi connectivity index (χ3v) is 6.63. The number of benzene rings is 2. The summed E-state index contributed by atoms with van der Waals surface area (Å²) in [4.78, 5) is 45.8. The first-order valence-corrected chi connectivity index (χ1v) is 12.1. The molecule has 182 valence electrons. The van der Waals surface area contributed by atoms with Crippen molar-refractivity contribution in [1.29, 1.82) is 0 Å². The fourth-order valence-electron chi connectivity index (χ4n) is 4.73. The zero-order valence-electron chi connectivity index (χ0n) is 20.3. The highest BCUT2D eigenvalue weighted by Gasteiger charge is 2.30. The summed E-state index contributed by atoms with van der Waals surface area (Å²) in [5.41, 5.74) is 2.52. The first kappa shape index (κ1) is 23.5. The Morgan fingerprint density at radius 1 is 1.00 bits per heavy atom. The molecule has 1 N–H and O–H groups in total. The first-order valence-electron chi connectivity index (χ1n) is 12.1. The van der Waals surface area contributed by atoms with Crippen molar-refractivity contribution in [1.82, 2.24) is 9.88 Å². The van der Waals surface area contributed by atoms with Crippen LogP contribution in [0.1, 0.15) is 34.5 Å². The van der Waals surface area contributed by atoms with Gasteiger partial charge in [-0.2, -0.15) is 0 Å². The predicted octanol–water partition coefficient (Wildman–Crippen LogP) is 4.96. The lowest BCUT2D eigenvalue weighted by Gasteiger charge is -2.32. The van der Waals surface area contributed by atoms with Gasteiger partial charge in [-0.15, -0.1) is 0 Å². The molecule has 0 bridgehead atoms. The van der Waals surface area contributed by atoms with Crippen molar-refractivity contribution in [3.8, 4) is 11.3 Å². The van der Waals surface area contributed by atoms with Crippen molar-refractivity contribution in [3.05, 3.63) is 93.8 Å². The van der Waals surface area contributed by atoms with Crippen LogP contribution in [0.5, 0.6) is 0 Å². The number of rotatable bonds is 4. The van der Waals surface area contributed by atoms with Crippen molar-refractivity contribution in [3.63, 3.8) is 0 Å². The van der Waals surface area contributed by atoms with Gasteiger partial charge in [-0.1, -0.05) is 42.5 Å². The molecule has 0 saturated carbocycles. The van der Waals surface area contributed by atoms with Gasteiger partial charge in [0.25, 0.3) is 5.91 Å². The molecule has 4 aromatic rings. The number of hydrogen-bond donors (Lipinski definition) is 1. The van der Waals surface area contributed by atoms with Crippen LogP contribution < -0.4 is 10.7 Å². The third-order valence-electron chi connectivity index (χ3n) is 6.63. The smallest absolute Gasteiger partial charge is 0.257 e. The number of carbonyl (C=O) groups is 2. The average molecular weight is 482 g/mol. The van der Waals surface area contributed by atoms with E-state index in [-0.39, 0.29) is 35.3 Å². The van der Waals surface area contributed by atoms with Gasteiger partial charge in [-0.3, -0.25) is 14.4 Å². The van der Waals surface area contributed by atoms with Crippen LogP contribution >= 0.6 is 0 Å². The lowest BCUT2D eigenvalue weighted by Crippen LogP contribution is -2.44. The number of pyridine rings is 1. The third kappa shape index (κ3) is 4.52. The second-order valence-corrected chi connectivity index (χ2v) is 9.18. The Balaban J connectivity index is 1.44. The average Bonchev–Trinajstić information content (AvgIpc) is 2.90. The van der Waals surface area contributed by atoms with Gasteiger partial charge in [0.15, 0.2) is 11.0 Å². The van der Waals surface area contributed by atoms with E-state index in [1.807, 2.05) is 49.4 Å². The quantitative estimate of drug-likeness (QED) is 0.445. The van der Waals surface area contributed by atoms with E-state index in [1.54, 1.807) is 36.1 Å². The van der Waals surface area contributed by atoms with E-state index in [1.165, 1.54) is 0 Å². The highest BCUT2D eigenvalue weighted by atomic mass is 16.3. The number of carbonyl (C=O) groups excluding carboxylic acids is 2. The Bertz CT molecular complexity index is 1510. The molecule has 7 heteroatoms. The Morgan fingerprint density at radius 3 is 2.56 bits per heavy atom. The van der Waals surface area contributed by atoms with Crippen LogP contribution in [0.2, 0.25) is 0 Å². The van der Waals surface area contributed by atoms with E-state index in [0.29, 0.717) is 47.5 Å². The second-order valence-electron chi connectivity index (χ2n) is 9.18. The number of piperidine rings is 1. The molecule has 1 aliphatic rings. The lowest BCUT2D eigenvalue weighted by molar-refractivity contribution is -0.121. The summed E-state index contributed by atoms with van der Waals surface area (Å²) in [6.45, 7) is 4.42. The number of hydrogen-bond acceptors (Lipinski definition) is 5. The first-order chi connectivity index (χ1) is 17.4. The van der Waals surface area contributed by atoms with Crippen molar-refractivity contribution in [2.24, 2.45) is 5.92 Å². The molecular weight excluding hydrogens is 454 g/mol. The number of aromatic nitrogens is 1. The summed E-state index contributed by atoms with van der Waals surface area (Å²) in [5, 5.41) is 3.24. The van der Waals surface area contributed by atoms with E-state index in [9.17, 15) is 14.4 Å². The molecule has 1 aliphatic heterocycles. The normalized spacial score (nSPS) is 15.6. The van der Waals surface area contributed by atoms with E-state index in [2.05, 4.69) is 10.3 Å². The SMILES string of the molecule is Cc1cccc(NC(=O)C2CCCN(C(=O)c3cccc4c(=O)c(C)c(-c5ccccc5)oc34)C2)n1. The van der Waals surface area contributed by atoms with Crippen molar-refractivity contribution >= 4 is 28.6 Å². The fraction of sp³-hybridized carbons (Fsp3) is 0.241. The van der Waals surface area contributed by atoms with Gasteiger partial charge >= 0.3 is 0 Å². The molecule has 7 nitrogen and oxygen atoms in total. The number of aryl methyl sites for hydroxylation is 1. The highest BCUT2D eigenvalue weighted by molar-refractivity contribution is 6.05. The minimum atomic E-state index is -0.353. The number of nitrogens with one attached hydrogen (secondary N) is 1. The fourth-order valence-corrected chi connectivity index (χ4v) is 4.73. The summed E-state index contributed by atoms with van der Waals surface area (Å²) in [7, 11) is 0. The molecule has 3 heterocycles. The molecule has 36 heavy (non-hydrogen) atoms. The van der Waals surface area contributed by atoms with Crippen LogP contribution in [0.3, 0.4) is 0 Å². The topological polar surface area (TPSA) is 92.5 Å². The molecule has 2 aromatic heterocycles. The second kappa shape index (κ2) is 9.77. The summed E-state index contributed by atoms with van der Waals surface area (Å²) in [5.74, 6) is 0.196. The molecule has 1 saturated heterocycles. The zero-order valence-corrected chi connectivity index (χ0v) is 20.3. The number of fused-ring (bicyclic) bond motifs is 1. The van der Waals surface area contributed by atoms with E-state index in [0.717, 1.165) is 11.3 Å². The van der Waals surface area contributed by atoms with Crippen molar-refractivity contribution in [2.75, 3.05) is 18.4 Å². The zero-order chi connectivity index (χ0) is 25.2. The molecular formula is C29H27N3O4. The Kier molecular flexibility index (Phi) is 6.38. The summed E-state index contributed by atoms with van der Waals surface area (Å²) in [6, 6.07) is 19.9. The van der Waals surface area contributed by atoms with E-state index < -0.39 is 0 Å². The Morgan fingerprint density at radius 2 is 1.78 bits per heavy atom. The number of anilines is 1. The molecule has 0 radical (unpaired) electrons. The van der Waals surface area contributed by atoms with Gasteiger partial charge in [0.1, 0.15) is 11.6 Å². The largest absolute Gasteiger partial charge is 0.455 e. The molecule has 5 rings (SSSR count). The maximum atomic E-state index is 13.6. The van der Waals surface area contributed by atoms with Gasteiger partial charge in [0.05, 0.1) is 16.9 Å².